The minimum atomic E-state index is -1.76. The Morgan fingerprint density at radius 1 is 0.671 bits per heavy atom. The zero-order valence-corrected chi connectivity index (χ0v) is 49.0. The molecule has 4 aromatic carbocycles. The SMILES string of the molecule is CNCCCC[C@@H]1NC(=O)[C@@H](Cc2ccc(C(N)=O)cc2)NC(=O)[C@@H]2Cc3ccc(cc3)ONCCC(=O)N[C@@H](Cc3ccc(Cl)cc3)C(=O)N[C@H](CSSC[C@@H](C(=O)N[C@H](Cc3ccc(O)cc3)C(N)=O)NC(=O)[C@H]([C@@H](C)O)NC1=O)C(=O)N2. The molecule has 3 aliphatic rings. The van der Waals surface area contributed by atoms with Gasteiger partial charge >= 0.3 is 0 Å². The highest BCUT2D eigenvalue weighted by atomic mass is 35.5. The van der Waals surface area contributed by atoms with Crippen molar-refractivity contribution in [1.82, 2.24) is 53.3 Å². The van der Waals surface area contributed by atoms with E-state index in [-0.39, 0.29) is 67.9 Å². The number of amides is 10. The fourth-order valence-corrected chi connectivity index (χ4v) is 11.4. The number of aliphatic hydroxyl groups is 1. The van der Waals surface area contributed by atoms with E-state index in [1.165, 1.54) is 55.5 Å². The smallest absolute Gasteiger partial charge is 0.248 e. The number of hydrogen-bond donors (Lipinski definition) is 14. The van der Waals surface area contributed by atoms with Crippen LogP contribution in [0.25, 0.3) is 0 Å². The first-order valence-electron chi connectivity index (χ1n) is 27.3. The summed E-state index contributed by atoms with van der Waals surface area (Å²) in [6.07, 6.45) is -1.54. The molecule has 3 heterocycles. The zero-order chi connectivity index (χ0) is 61.6. The van der Waals surface area contributed by atoms with Gasteiger partial charge in [0.25, 0.3) is 0 Å². The van der Waals surface area contributed by atoms with Crippen molar-refractivity contribution in [3.05, 3.63) is 130 Å². The third kappa shape index (κ3) is 21.3. The maximum absolute atomic E-state index is 15.0. The van der Waals surface area contributed by atoms with Crippen LogP contribution in [0.3, 0.4) is 0 Å². The molecular formula is C57H71ClN12O13S2. The quantitative estimate of drug-likeness (QED) is 0.0484. The van der Waals surface area contributed by atoms with Gasteiger partial charge in [0.1, 0.15) is 59.8 Å². The van der Waals surface area contributed by atoms with Crippen LogP contribution in [0.1, 0.15) is 65.2 Å². The summed E-state index contributed by atoms with van der Waals surface area (Å²) in [4.78, 5) is 147. The summed E-state index contributed by atoms with van der Waals surface area (Å²) in [5.74, 6) is -8.98. The van der Waals surface area contributed by atoms with Gasteiger partial charge in [0.05, 0.1) is 6.10 Å². The number of phenols is 1. The summed E-state index contributed by atoms with van der Waals surface area (Å²) in [5, 5.41) is 45.8. The number of primary amides is 2. The fourth-order valence-electron chi connectivity index (χ4n) is 8.91. The molecule has 7 rings (SSSR count). The topological polar surface area (TPSA) is 393 Å². The molecule has 4 aromatic rings. The molecule has 456 valence electrons. The highest BCUT2D eigenvalue weighted by molar-refractivity contribution is 8.76. The molecule has 85 heavy (non-hydrogen) atoms. The largest absolute Gasteiger partial charge is 0.508 e. The number of hydrogen-bond acceptors (Lipinski definition) is 17. The van der Waals surface area contributed by atoms with Crippen LogP contribution < -0.4 is 69.6 Å². The lowest BCUT2D eigenvalue weighted by Crippen LogP contribution is -2.62. The van der Waals surface area contributed by atoms with E-state index >= 15 is 0 Å². The van der Waals surface area contributed by atoms with Gasteiger partial charge in [0.15, 0.2) is 0 Å². The average Bonchev–Trinajstić information content (AvgIpc) is 3.51. The predicted molar refractivity (Wildman–Crippen MR) is 318 cm³/mol. The summed E-state index contributed by atoms with van der Waals surface area (Å²) in [6, 6.07) is 12.7. The molecule has 10 amide bonds. The number of benzene rings is 4. The second-order valence-electron chi connectivity index (χ2n) is 20.3. The molecule has 16 N–H and O–H groups in total. The molecule has 0 aromatic heterocycles. The molecular weight excluding hydrogens is 1160 g/mol. The van der Waals surface area contributed by atoms with Crippen LogP contribution >= 0.6 is 33.2 Å². The van der Waals surface area contributed by atoms with Gasteiger partial charge in [-0.15, -0.1) is 0 Å². The monoisotopic (exact) mass is 1230 g/mol. The summed E-state index contributed by atoms with van der Waals surface area (Å²) in [7, 11) is 3.62. The van der Waals surface area contributed by atoms with Gasteiger partial charge in [-0.2, -0.15) is 5.48 Å². The highest BCUT2D eigenvalue weighted by Gasteiger charge is 2.37. The minimum Gasteiger partial charge on any atom is -0.508 e. The summed E-state index contributed by atoms with van der Waals surface area (Å²) < 4.78 is 0. The second kappa shape index (κ2) is 32.9. The molecule has 9 atom stereocenters. The lowest BCUT2D eigenvalue weighted by molar-refractivity contribution is -0.136. The molecule has 1 saturated heterocycles. The lowest BCUT2D eigenvalue weighted by Gasteiger charge is -2.29. The van der Waals surface area contributed by atoms with Gasteiger partial charge in [-0.1, -0.05) is 81.7 Å². The van der Waals surface area contributed by atoms with Crippen molar-refractivity contribution in [3.63, 3.8) is 0 Å². The normalized spacial score (nSPS) is 22.4. The predicted octanol–water partition coefficient (Wildman–Crippen LogP) is -0.769. The molecule has 0 radical (unpaired) electrons. The van der Waals surface area contributed by atoms with Crippen LogP contribution in [0.4, 0.5) is 0 Å². The molecule has 1 fully saturated rings. The van der Waals surface area contributed by atoms with Crippen molar-refractivity contribution >= 4 is 92.3 Å². The number of aliphatic hydroxyl groups excluding tert-OH is 1. The van der Waals surface area contributed by atoms with E-state index in [0.717, 1.165) is 21.6 Å². The van der Waals surface area contributed by atoms with Gasteiger partial charge in [-0.25, -0.2) is 0 Å². The van der Waals surface area contributed by atoms with Crippen molar-refractivity contribution in [2.75, 3.05) is 31.6 Å². The van der Waals surface area contributed by atoms with Gasteiger partial charge in [0.2, 0.25) is 59.1 Å². The minimum absolute atomic E-state index is 0.0105. The Hall–Kier alpha value is -7.95. The number of halogens is 1. The first kappa shape index (κ1) is 66.2. The number of nitrogens with one attached hydrogen (secondary N) is 10. The number of hydroxylamine groups is 1. The Balaban J connectivity index is 1.44. The first-order valence-corrected chi connectivity index (χ1v) is 30.2. The number of nitrogens with two attached hydrogens (primary N) is 2. The van der Waals surface area contributed by atoms with Crippen LogP contribution in [-0.2, 0) is 68.8 Å². The first-order chi connectivity index (χ1) is 40.6. The zero-order valence-electron chi connectivity index (χ0n) is 46.7. The van der Waals surface area contributed by atoms with Crippen LogP contribution in [0.2, 0.25) is 5.02 Å². The van der Waals surface area contributed by atoms with Gasteiger partial charge in [0, 0.05) is 60.7 Å². The Kier molecular flexibility index (Phi) is 25.6. The Labute approximate surface area is 503 Å². The number of phenolic OH excluding ortho intramolecular Hbond substituents is 1. The number of rotatable bonds is 16. The van der Waals surface area contributed by atoms with Crippen molar-refractivity contribution in [2.24, 2.45) is 11.5 Å². The van der Waals surface area contributed by atoms with Crippen molar-refractivity contribution < 1.29 is 63.0 Å². The maximum atomic E-state index is 15.0. The summed E-state index contributed by atoms with van der Waals surface area (Å²) in [6.45, 7) is 1.75. The molecule has 3 aliphatic heterocycles. The number of aromatic hydroxyl groups is 1. The number of carbonyl (C=O) groups excluding carboxylic acids is 10. The van der Waals surface area contributed by atoms with Crippen molar-refractivity contribution in [2.45, 2.75) is 113 Å². The molecule has 25 nitrogen and oxygen atoms in total. The highest BCUT2D eigenvalue weighted by Crippen LogP contribution is 2.25. The van der Waals surface area contributed by atoms with Crippen LogP contribution in [0.15, 0.2) is 97.1 Å². The Morgan fingerprint density at radius 3 is 1.88 bits per heavy atom. The van der Waals surface area contributed by atoms with Crippen molar-refractivity contribution in [3.8, 4) is 11.5 Å². The van der Waals surface area contributed by atoms with Gasteiger partial charge in [-0.3, -0.25) is 47.9 Å². The van der Waals surface area contributed by atoms with E-state index in [9.17, 15) is 58.2 Å². The van der Waals surface area contributed by atoms with Gasteiger partial charge < -0.3 is 74.4 Å². The summed E-state index contributed by atoms with van der Waals surface area (Å²) >= 11 is 6.17. The molecule has 0 unspecified atom stereocenters. The third-order valence-electron chi connectivity index (χ3n) is 13.7. The maximum Gasteiger partial charge on any atom is 0.248 e. The Bertz CT molecular complexity index is 2980. The summed E-state index contributed by atoms with van der Waals surface area (Å²) in [5.41, 5.74) is 16.2. The number of unbranched alkanes of at least 4 members (excludes halogenated alkanes) is 1. The van der Waals surface area contributed by atoms with E-state index in [4.69, 9.17) is 27.9 Å². The van der Waals surface area contributed by atoms with Crippen LogP contribution in [-0.4, -0.2) is 155 Å². The molecule has 0 spiro atoms. The number of fused-ring (bicyclic) bond motifs is 10. The van der Waals surface area contributed by atoms with E-state index in [0.29, 0.717) is 52.4 Å². The standard InChI is InChI=1S/C57H71ClN12O13S2/c1-31(71)48-57(82)69-46(55(80)65-41(50(60)75)25-34-10-18-38(72)19-11-34)30-85-84-29-45-56(81)67-44(28-35-12-20-39(21-13-35)83-62-24-22-47(73)63-42(52(77)68-45)26-33-8-16-37(58)17-9-33)54(79)66-43(27-32-6-14-36(15-7-32)49(59)74)53(78)64-40(51(76)70-48)5-3-4-23-61-2/h6-21,31,40-46,48,61-62,71-72H,3-5,22-30H2,1-2H3,(H2,59,74)(H2,60,75)(H,63,73)(H,64,78)(H,65,80)(H,66,79)(H,67,81)(H,68,77)(H,69,82)(H,70,76)/t31-,40+,41-,42+,43-,44+,45-,46+,48+/m1/s1. The average molecular weight is 1230 g/mol. The van der Waals surface area contributed by atoms with Crippen LogP contribution in [0, 0.1) is 0 Å². The molecule has 0 saturated carbocycles. The van der Waals surface area contributed by atoms with Gasteiger partial charge in [-0.05, 0) is 111 Å². The van der Waals surface area contributed by atoms with Crippen LogP contribution in [0.5, 0.6) is 11.5 Å². The lowest BCUT2D eigenvalue weighted by atomic mass is 10.00. The van der Waals surface area contributed by atoms with Crippen molar-refractivity contribution in [1.29, 1.82) is 0 Å². The van der Waals surface area contributed by atoms with E-state index in [1.807, 2.05) is 0 Å². The second-order valence-corrected chi connectivity index (χ2v) is 23.3. The number of carbonyl (C=O) groups is 10. The van der Waals surface area contributed by atoms with E-state index in [2.05, 4.69) is 53.3 Å². The third-order valence-corrected chi connectivity index (χ3v) is 16.4. The fraction of sp³-hybridized carbons (Fsp3) is 0.404. The van der Waals surface area contributed by atoms with E-state index < -0.39 is 114 Å². The van der Waals surface area contributed by atoms with E-state index in [1.54, 1.807) is 55.6 Å². The Morgan fingerprint density at radius 2 is 1.25 bits per heavy atom. The molecule has 28 heteroatoms. The molecule has 4 bridgehead atoms. The molecule has 0 aliphatic carbocycles.